The van der Waals surface area contributed by atoms with E-state index in [4.69, 9.17) is 0 Å². The predicted molar refractivity (Wildman–Crippen MR) is 62.0 cm³/mol. The smallest absolute Gasteiger partial charge is 0.0391 e. The van der Waals surface area contributed by atoms with Crippen LogP contribution in [0.25, 0.3) is 0 Å². The van der Waals surface area contributed by atoms with E-state index in [0.717, 1.165) is 11.8 Å². The van der Waals surface area contributed by atoms with Gasteiger partial charge in [0.15, 0.2) is 0 Å². The second-order valence-corrected chi connectivity index (χ2v) is 4.43. The van der Waals surface area contributed by atoms with Gasteiger partial charge in [0.2, 0.25) is 0 Å². The standard InChI is InChI=1S/C7H14.C6H14/c1-3-7-5-4-6(7)2;1-3-5-6-4-2/h6-7H,3-5H2,1-2H3;3-6H2,1-2H3. The Kier molecular flexibility index (Phi) is 8.59. The molecule has 0 aromatic heterocycles. The molecular weight excluding hydrogens is 156 g/mol. The number of rotatable bonds is 4. The zero-order valence-corrected chi connectivity index (χ0v) is 10.1. The van der Waals surface area contributed by atoms with E-state index < -0.39 is 0 Å². The third-order valence-corrected chi connectivity index (χ3v) is 3.28. The molecule has 80 valence electrons. The van der Waals surface area contributed by atoms with Crippen molar-refractivity contribution in [3.63, 3.8) is 0 Å². The molecule has 0 aromatic carbocycles. The molecule has 1 fully saturated rings. The van der Waals surface area contributed by atoms with Gasteiger partial charge in [0, 0.05) is 0 Å². The fourth-order valence-corrected chi connectivity index (χ4v) is 1.84. The zero-order chi connectivity index (χ0) is 10.1. The second kappa shape index (κ2) is 8.59. The molecule has 0 amide bonds. The van der Waals surface area contributed by atoms with Crippen LogP contribution in [-0.2, 0) is 0 Å². The van der Waals surface area contributed by atoms with Gasteiger partial charge in [-0.2, -0.15) is 0 Å². The Morgan fingerprint density at radius 3 is 1.54 bits per heavy atom. The summed E-state index contributed by atoms with van der Waals surface area (Å²) in [5, 5.41) is 0. The number of unbranched alkanes of at least 4 members (excludes halogenated alkanes) is 3. The highest BCUT2D eigenvalue weighted by molar-refractivity contribution is 4.75. The first-order valence-electron chi connectivity index (χ1n) is 6.26. The quantitative estimate of drug-likeness (QED) is 0.538. The minimum absolute atomic E-state index is 1.05. The van der Waals surface area contributed by atoms with Gasteiger partial charge >= 0.3 is 0 Å². The molecule has 1 saturated carbocycles. The lowest BCUT2D eigenvalue weighted by molar-refractivity contribution is 0.190. The van der Waals surface area contributed by atoms with Gasteiger partial charge in [0.1, 0.15) is 0 Å². The van der Waals surface area contributed by atoms with Crippen molar-refractivity contribution in [1.29, 1.82) is 0 Å². The van der Waals surface area contributed by atoms with E-state index in [0.29, 0.717) is 0 Å². The minimum atomic E-state index is 1.05. The van der Waals surface area contributed by atoms with Crippen LogP contribution in [0.5, 0.6) is 0 Å². The van der Waals surface area contributed by atoms with Crippen LogP contribution >= 0.6 is 0 Å². The normalized spacial score (nSPS) is 25.8. The highest BCUT2D eigenvalue weighted by Gasteiger charge is 2.23. The fourth-order valence-electron chi connectivity index (χ4n) is 1.84. The Balaban J connectivity index is 0.000000226. The highest BCUT2D eigenvalue weighted by Crippen LogP contribution is 2.35. The minimum Gasteiger partial charge on any atom is -0.0654 e. The first-order valence-corrected chi connectivity index (χ1v) is 6.26. The summed E-state index contributed by atoms with van der Waals surface area (Å²) in [4.78, 5) is 0. The summed E-state index contributed by atoms with van der Waals surface area (Å²) >= 11 is 0. The van der Waals surface area contributed by atoms with Gasteiger partial charge in [-0.15, -0.1) is 0 Å². The molecule has 0 nitrogen and oxygen atoms in total. The average molecular weight is 184 g/mol. The number of hydrogen-bond donors (Lipinski definition) is 0. The molecule has 1 rings (SSSR count). The Bertz CT molecular complexity index is 90.2. The third-order valence-electron chi connectivity index (χ3n) is 3.28. The van der Waals surface area contributed by atoms with Crippen LogP contribution in [0.1, 0.15) is 72.6 Å². The van der Waals surface area contributed by atoms with Crippen LogP contribution in [0.2, 0.25) is 0 Å². The Hall–Kier alpha value is 0. The molecule has 0 spiro atoms. The maximum Gasteiger partial charge on any atom is -0.0391 e. The zero-order valence-electron chi connectivity index (χ0n) is 10.1. The summed E-state index contributed by atoms with van der Waals surface area (Å²) in [6.07, 6.45) is 9.92. The summed E-state index contributed by atoms with van der Waals surface area (Å²) in [6.45, 7) is 9.11. The molecule has 0 aliphatic heterocycles. The van der Waals surface area contributed by atoms with E-state index in [2.05, 4.69) is 27.7 Å². The largest absolute Gasteiger partial charge is 0.0654 e. The topological polar surface area (TPSA) is 0 Å². The SMILES string of the molecule is CCC1CCC1C.CCCCCC. The van der Waals surface area contributed by atoms with E-state index in [1.807, 2.05) is 0 Å². The summed E-state index contributed by atoms with van der Waals surface area (Å²) in [5.74, 6) is 2.13. The van der Waals surface area contributed by atoms with Gasteiger partial charge < -0.3 is 0 Å². The molecule has 1 aliphatic carbocycles. The van der Waals surface area contributed by atoms with Crippen LogP contribution in [0.3, 0.4) is 0 Å². The second-order valence-electron chi connectivity index (χ2n) is 4.43. The summed E-state index contributed by atoms with van der Waals surface area (Å²) in [7, 11) is 0. The van der Waals surface area contributed by atoms with Crippen molar-refractivity contribution in [2.45, 2.75) is 72.6 Å². The highest BCUT2D eigenvalue weighted by atomic mass is 14.3. The summed E-state index contributed by atoms with van der Waals surface area (Å²) < 4.78 is 0. The molecule has 0 radical (unpaired) electrons. The monoisotopic (exact) mass is 184 g/mol. The molecule has 0 bridgehead atoms. The first-order chi connectivity index (χ1) is 6.26. The van der Waals surface area contributed by atoms with Gasteiger partial charge in [-0.25, -0.2) is 0 Å². The molecule has 2 atom stereocenters. The molecule has 0 saturated heterocycles. The molecule has 0 N–H and O–H groups in total. The van der Waals surface area contributed by atoms with Crippen LogP contribution in [0.15, 0.2) is 0 Å². The lowest BCUT2D eigenvalue weighted by Crippen LogP contribution is -2.21. The van der Waals surface area contributed by atoms with E-state index in [-0.39, 0.29) is 0 Å². The molecule has 1 aliphatic rings. The maximum absolute atomic E-state index is 2.36. The van der Waals surface area contributed by atoms with Crippen molar-refractivity contribution in [3.8, 4) is 0 Å². The molecular formula is C13H28. The lowest BCUT2D eigenvalue weighted by atomic mass is 9.74. The van der Waals surface area contributed by atoms with Crippen LogP contribution < -0.4 is 0 Å². The molecule has 0 heteroatoms. The van der Waals surface area contributed by atoms with Crippen LogP contribution in [0, 0.1) is 11.8 Å². The van der Waals surface area contributed by atoms with Gasteiger partial charge in [-0.1, -0.05) is 66.2 Å². The van der Waals surface area contributed by atoms with Gasteiger partial charge in [0.25, 0.3) is 0 Å². The molecule has 0 aromatic rings. The molecule has 0 heterocycles. The van der Waals surface area contributed by atoms with Crippen LogP contribution in [0.4, 0.5) is 0 Å². The Labute approximate surface area is 85.1 Å². The first kappa shape index (κ1) is 13.0. The van der Waals surface area contributed by atoms with Crippen molar-refractivity contribution in [1.82, 2.24) is 0 Å². The molecule has 2 unspecified atom stereocenters. The third kappa shape index (κ3) is 6.12. The van der Waals surface area contributed by atoms with E-state index in [1.54, 1.807) is 0 Å². The van der Waals surface area contributed by atoms with Gasteiger partial charge in [-0.3, -0.25) is 0 Å². The van der Waals surface area contributed by atoms with Gasteiger partial charge in [0.05, 0.1) is 0 Å². The average Bonchev–Trinajstić information content (AvgIpc) is 2.14. The summed E-state index contributed by atoms with van der Waals surface area (Å²) in [6, 6.07) is 0. The number of hydrogen-bond acceptors (Lipinski definition) is 0. The lowest BCUT2D eigenvalue weighted by Gasteiger charge is -2.32. The van der Waals surface area contributed by atoms with Crippen molar-refractivity contribution < 1.29 is 0 Å². The van der Waals surface area contributed by atoms with Crippen molar-refractivity contribution in [3.05, 3.63) is 0 Å². The Morgan fingerprint density at radius 1 is 0.923 bits per heavy atom. The van der Waals surface area contributed by atoms with Crippen molar-refractivity contribution in [2.75, 3.05) is 0 Å². The summed E-state index contributed by atoms with van der Waals surface area (Å²) in [5.41, 5.74) is 0. The van der Waals surface area contributed by atoms with E-state index in [9.17, 15) is 0 Å². The van der Waals surface area contributed by atoms with Crippen LogP contribution in [-0.4, -0.2) is 0 Å². The fraction of sp³-hybridized carbons (Fsp3) is 1.00. The Morgan fingerprint density at radius 2 is 1.46 bits per heavy atom. The van der Waals surface area contributed by atoms with E-state index in [1.165, 1.54) is 44.9 Å². The van der Waals surface area contributed by atoms with E-state index >= 15 is 0 Å². The maximum atomic E-state index is 2.36. The van der Waals surface area contributed by atoms with Crippen molar-refractivity contribution >= 4 is 0 Å². The van der Waals surface area contributed by atoms with Crippen molar-refractivity contribution in [2.24, 2.45) is 11.8 Å². The predicted octanol–water partition coefficient (Wildman–Crippen LogP) is 5.03. The van der Waals surface area contributed by atoms with Gasteiger partial charge in [-0.05, 0) is 18.3 Å². The molecule has 13 heavy (non-hydrogen) atoms.